The highest BCUT2D eigenvalue weighted by Crippen LogP contribution is 2.17. The molecule has 7 nitrogen and oxygen atoms in total. The normalized spacial score (nSPS) is 20.6. The SMILES string of the molecule is COCC1(C)NC(=O)N(CC(=O)NCc2cccc(Cl)c2)C1=O. The number of nitrogens with one attached hydrogen (secondary N) is 2. The zero-order valence-corrected chi connectivity index (χ0v) is 13.6. The van der Waals surface area contributed by atoms with E-state index in [1.807, 2.05) is 6.07 Å². The smallest absolute Gasteiger partial charge is 0.325 e. The Bertz CT molecular complexity index is 637. The van der Waals surface area contributed by atoms with Crippen LogP contribution < -0.4 is 10.6 Å². The Balaban J connectivity index is 1.92. The van der Waals surface area contributed by atoms with Gasteiger partial charge in [0.1, 0.15) is 12.1 Å². The molecule has 1 aliphatic heterocycles. The quantitative estimate of drug-likeness (QED) is 0.754. The highest BCUT2D eigenvalue weighted by Gasteiger charge is 2.48. The summed E-state index contributed by atoms with van der Waals surface area (Å²) in [5, 5.41) is 5.75. The molecule has 0 radical (unpaired) electrons. The van der Waals surface area contributed by atoms with Gasteiger partial charge in [-0.1, -0.05) is 23.7 Å². The van der Waals surface area contributed by atoms with Gasteiger partial charge in [-0.25, -0.2) is 4.79 Å². The van der Waals surface area contributed by atoms with Crippen molar-refractivity contribution in [1.29, 1.82) is 0 Å². The number of carbonyl (C=O) groups is 3. The van der Waals surface area contributed by atoms with Crippen LogP contribution in [-0.4, -0.2) is 48.5 Å². The van der Waals surface area contributed by atoms with Crippen molar-refractivity contribution < 1.29 is 19.1 Å². The standard InChI is InChI=1S/C15H18ClN3O4/c1-15(9-23-2)13(21)19(14(22)18-15)8-12(20)17-7-10-4-3-5-11(16)6-10/h3-6H,7-9H2,1-2H3,(H,17,20)(H,18,22). The number of urea groups is 1. The summed E-state index contributed by atoms with van der Waals surface area (Å²) in [5.41, 5.74) is -0.314. The zero-order chi connectivity index (χ0) is 17.0. The highest BCUT2D eigenvalue weighted by molar-refractivity contribution is 6.30. The van der Waals surface area contributed by atoms with Gasteiger partial charge in [-0.2, -0.15) is 0 Å². The predicted octanol–water partition coefficient (Wildman–Crippen LogP) is 0.913. The molecule has 1 saturated heterocycles. The number of halogens is 1. The van der Waals surface area contributed by atoms with E-state index in [9.17, 15) is 14.4 Å². The molecule has 1 aliphatic rings. The highest BCUT2D eigenvalue weighted by atomic mass is 35.5. The van der Waals surface area contributed by atoms with Gasteiger partial charge in [0.25, 0.3) is 5.91 Å². The molecule has 1 unspecified atom stereocenters. The third-order valence-electron chi connectivity index (χ3n) is 3.46. The van der Waals surface area contributed by atoms with Gasteiger partial charge >= 0.3 is 6.03 Å². The summed E-state index contributed by atoms with van der Waals surface area (Å²) in [4.78, 5) is 37.0. The van der Waals surface area contributed by atoms with E-state index in [0.29, 0.717) is 5.02 Å². The lowest BCUT2D eigenvalue weighted by molar-refractivity contribution is -0.135. The molecule has 2 rings (SSSR count). The van der Waals surface area contributed by atoms with Gasteiger partial charge in [0, 0.05) is 18.7 Å². The maximum Gasteiger partial charge on any atom is 0.325 e. The van der Waals surface area contributed by atoms with E-state index in [4.69, 9.17) is 16.3 Å². The van der Waals surface area contributed by atoms with E-state index in [0.717, 1.165) is 10.5 Å². The van der Waals surface area contributed by atoms with Crippen LogP contribution in [0.2, 0.25) is 5.02 Å². The Morgan fingerprint density at radius 3 is 2.83 bits per heavy atom. The fraction of sp³-hybridized carbons (Fsp3) is 0.400. The van der Waals surface area contributed by atoms with Crippen LogP contribution in [0.3, 0.4) is 0 Å². The molecule has 124 valence electrons. The van der Waals surface area contributed by atoms with Crippen molar-refractivity contribution in [2.75, 3.05) is 20.3 Å². The van der Waals surface area contributed by atoms with Gasteiger partial charge in [0.2, 0.25) is 5.91 Å². The minimum absolute atomic E-state index is 0.0399. The summed E-state index contributed by atoms with van der Waals surface area (Å²) >= 11 is 5.87. The second-order valence-corrected chi connectivity index (χ2v) is 5.93. The molecular weight excluding hydrogens is 322 g/mol. The first-order valence-electron chi connectivity index (χ1n) is 7.00. The van der Waals surface area contributed by atoms with E-state index in [2.05, 4.69) is 10.6 Å². The number of hydrogen-bond donors (Lipinski definition) is 2. The Labute approximate surface area is 138 Å². The van der Waals surface area contributed by atoms with Crippen molar-refractivity contribution in [2.24, 2.45) is 0 Å². The molecule has 23 heavy (non-hydrogen) atoms. The molecule has 1 fully saturated rings. The first kappa shape index (κ1) is 17.2. The maximum absolute atomic E-state index is 12.2. The van der Waals surface area contributed by atoms with Crippen LogP contribution in [0.4, 0.5) is 4.79 Å². The lowest BCUT2D eigenvalue weighted by atomic mass is 10.0. The number of carbonyl (C=O) groups excluding carboxylic acids is 3. The molecule has 8 heteroatoms. The van der Waals surface area contributed by atoms with E-state index in [-0.39, 0.29) is 19.7 Å². The van der Waals surface area contributed by atoms with Gasteiger partial charge < -0.3 is 15.4 Å². The third-order valence-corrected chi connectivity index (χ3v) is 3.69. The summed E-state index contributed by atoms with van der Waals surface area (Å²) in [5.74, 6) is -0.919. The lowest BCUT2D eigenvalue weighted by Gasteiger charge is -2.20. The van der Waals surface area contributed by atoms with E-state index in [1.165, 1.54) is 7.11 Å². The first-order chi connectivity index (χ1) is 10.9. The largest absolute Gasteiger partial charge is 0.382 e. The van der Waals surface area contributed by atoms with Crippen molar-refractivity contribution >= 4 is 29.4 Å². The number of nitrogens with zero attached hydrogens (tertiary/aromatic N) is 1. The molecule has 1 aromatic carbocycles. The molecule has 0 aliphatic carbocycles. The monoisotopic (exact) mass is 339 g/mol. The first-order valence-corrected chi connectivity index (χ1v) is 7.38. The number of benzene rings is 1. The van der Waals surface area contributed by atoms with Crippen molar-refractivity contribution in [3.63, 3.8) is 0 Å². The van der Waals surface area contributed by atoms with Gasteiger partial charge in [-0.05, 0) is 24.6 Å². The lowest BCUT2D eigenvalue weighted by Crippen LogP contribution is -2.48. The number of rotatable bonds is 6. The zero-order valence-electron chi connectivity index (χ0n) is 12.9. The second kappa shape index (κ2) is 6.97. The number of ether oxygens (including phenoxy) is 1. The van der Waals surface area contributed by atoms with Gasteiger partial charge in [0.15, 0.2) is 0 Å². The van der Waals surface area contributed by atoms with Crippen LogP contribution in [0.5, 0.6) is 0 Å². The van der Waals surface area contributed by atoms with Crippen LogP contribution in [0.15, 0.2) is 24.3 Å². The molecular formula is C15H18ClN3O4. The van der Waals surface area contributed by atoms with E-state index < -0.39 is 23.4 Å². The number of amides is 4. The Kier molecular flexibility index (Phi) is 5.23. The summed E-state index contributed by atoms with van der Waals surface area (Å²) < 4.78 is 4.94. The van der Waals surface area contributed by atoms with Crippen molar-refractivity contribution in [2.45, 2.75) is 19.0 Å². The van der Waals surface area contributed by atoms with Gasteiger partial charge in [-0.15, -0.1) is 0 Å². The number of imide groups is 1. The summed E-state index contributed by atoms with van der Waals surface area (Å²) in [6.45, 7) is 1.52. The topological polar surface area (TPSA) is 87.7 Å². The fourth-order valence-electron chi connectivity index (χ4n) is 2.32. The fourth-order valence-corrected chi connectivity index (χ4v) is 2.54. The van der Waals surface area contributed by atoms with Crippen LogP contribution >= 0.6 is 11.6 Å². The molecule has 4 amide bonds. The molecule has 1 heterocycles. The predicted molar refractivity (Wildman–Crippen MR) is 83.8 cm³/mol. The summed E-state index contributed by atoms with van der Waals surface area (Å²) in [6, 6.07) is 6.45. The average Bonchev–Trinajstić information content (AvgIpc) is 2.69. The Hall–Kier alpha value is -2.12. The molecule has 0 spiro atoms. The van der Waals surface area contributed by atoms with Gasteiger partial charge in [-0.3, -0.25) is 14.5 Å². The molecule has 0 bridgehead atoms. The van der Waals surface area contributed by atoms with Crippen LogP contribution in [0, 0.1) is 0 Å². The number of methoxy groups -OCH3 is 1. The molecule has 0 aromatic heterocycles. The Morgan fingerprint density at radius 2 is 2.17 bits per heavy atom. The van der Waals surface area contributed by atoms with Crippen molar-refractivity contribution in [3.8, 4) is 0 Å². The van der Waals surface area contributed by atoms with E-state index >= 15 is 0 Å². The third kappa shape index (κ3) is 4.00. The van der Waals surface area contributed by atoms with Crippen molar-refractivity contribution in [1.82, 2.24) is 15.5 Å². The molecule has 1 aromatic rings. The maximum atomic E-state index is 12.2. The molecule has 0 saturated carbocycles. The number of hydrogen-bond acceptors (Lipinski definition) is 4. The molecule has 1 atom stereocenters. The van der Waals surface area contributed by atoms with Crippen LogP contribution in [0.25, 0.3) is 0 Å². The minimum Gasteiger partial charge on any atom is -0.382 e. The van der Waals surface area contributed by atoms with Crippen LogP contribution in [-0.2, 0) is 20.9 Å². The van der Waals surface area contributed by atoms with E-state index in [1.54, 1.807) is 25.1 Å². The summed E-state index contributed by atoms with van der Waals surface area (Å²) in [6.07, 6.45) is 0. The summed E-state index contributed by atoms with van der Waals surface area (Å²) in [7, 11) is 1.44. The van der Waals surface area contributed by atoms with Crippen LogP contribution in [0.1, 0.15) is 12.5 Å². The molecule has 2 N–H and O–H groups in total. The second-order valence-electron chi connectivity index (χ2n) is 5.49. The average molecular weight is 340 g/mol. The van der Waals surface area contributed by atoms with Crippen molar-refractivity contribution in [3.05, 3.63) is 34.9 Å². The minimum atomic E-state index is -1.14. The Morgan fingerprint density at radius 1 is 1.43 bits per heavy atom. The van der Waals surface area contributed by atoms with Gasteiger partial charge in [0.05, 0.1) is 6.61 Å².